The standard InChI is InChI=1S/C9H17N/c1-3-5-6-7-9-10-8-4-2/h3,5-6,10H,1,4,7-9H2,2H3/b6-5+. The topological polar surface area (TPSA) is 12.0 Å². The van der Waals surface area contributed by atoms with Crippen molar-refractivity contribution in [2.45, 2.75) is 19.8 Å². The van der Waals surface area contributed by atoms with Crippen molar-refractivity contribution in [2.75, 3.05) is 13.1 Å². The Kier molecular flexibility index (Phi) is 7.97. The summed E-state index contributed by atoms with van der Waals surface area (Å²) in [4.78, 5) is 0. The Morgan fingerprint density at radius 3 is 2.80 bits per heavy atom. The summed E-state index contributed by atoms with van der Waals surface area (Å²) in [5.74, 6) is 0. The van der Waals surface area contributed by atoms with E-state index in [9.17, 15) is 0 Å². The minimum atomic E-state index is 1.08. The van der Waals surface area contributed by atoms with Crippen LogP contribution in [0.2, 0.25) is 0 Å². The van der Waals surface area contributed by atoms with Gasteiger partial charge >= 0.3 is 0 Å². The van der Waals surface area contributed by atoms with E-state index in [0.717, 1.165) is 19.5 Å². The third-order valence-corrected chi connectivity index (χ3v) is 1.19. The predicted molar refractivity (Wildman–Crippen MR) is 47.1 cm³/mol. The first kappa shape index (κ1) is 9.44. The minimum Gasteiger partial charge on any atom is -0.316 e. The zero-order valence-electron chi connectivity index (χ0n) is 6.77. The Hall–Kier alpha value is -0.560. The molecule has 0 saturated carbocycles. The van der Waals surface area contributed by atoms with Crippen molar-refractivity contribution in [2.24, 2.45) is 0 Å². The number of nitrogens with one attached hydrogen (secondary N) is 1. The van der Waals surface area contributed by atoms with Crippen LogP contribution < -0.4 is 5.32 Å². The van der Waals surface area contributed by atoms with E-state index in [4.69, 9.17) is 0 Å². The van der Waals surface area contributed by atoms with Gasteiger partial charge in [0, 0.05) is 0 Å². The Morgan fingerprint density at radius 1 is 1.40 bits per heavy atom. The van der Waals surface area contributed by atoms with Crippen molar-refractivity contribution in [3.05, 3.63) is 24.8 Å². The molecular formula is C9H17N. The van der Waals surface area contributed by atoms with Gasteiger partial charge in [0.05, 0.1) is 0 Å². The van der Waals surface area contributed by atoms with Gasteiger partial charge in [-0.3, -0.25) is 0 Å². The third-order valence-electron chi connectivity index (χ3n) is 1.19. The molecule has 58 valence electrons. The SMILES string of the molecule is C=C/C=C/CCNCCC. The number of allylic oxidation sites excluding steroid dienone is 2. The average Bonchev–Trinajstić information content (AvgIpc) is 1.97. The average molecular weight is 139 g/mol. The van der Waals surface area contributed by atoms with Gasteiger partial charge in [0.1, 0.15) is 0 Å². The van der Waals surface area contributed by atoms with Crippen LogP contribution in [0.1, 0.15) is 19.8 Å². The highest BCUT2D eigenvalue weighted by molar-refractivity contribution is 4.96. The third kappa shape index (κ3) is 7.44. The highest BCUT2D eigenvalue weighted by Gasteiger charge is 1.79. The molecule has 0 atom stereocenters. The summed E-state index contributed by atoms with van der Waals surface area (Å²) in [6, 6.07) is 0. The molecule has 0 aromatic rings. The van der Waals surface area contributed by atoms with Crippen molar-refractivity contribution in [1.82, 2.24) is 5.32 Å². The molecule has 0 bridgehead atoms. The first-order valence-corrected chi connectivity index (χ1v) is 3.90. The molecule has 1 N–H and O–H groups in total. The van der Waals surface area contributed by atoms with E-state index >= 15 is 0 Å². The fourth-order valence-corrected chi connectivity index (χ4v) is 0.680. The lowest BCUT2D eigenvalue weighted by atomic mass is 10.3. The fraction of sp³-hybridized carbons (Fsp3) is 0.556. The molecule has 0 rings (SSSR count). The summed E-state index contributed by atoms with van der Waals surface area (Å²) in [5, 5.41) is 3.31. The van der Waals surface area contributed by atoms with Gasteiger partial charge in [0.2, 0.25) is 0 Å². The Bertz CT molecular complexity index is 94.9. The van der Waals surface area contributed by atoms with Gasteiger partial charge in [-0.2, -0.15) is 0 Å². The minimum absolute atomic E-state index is 1.08. The van der Waals surface area contributed by atoms with Gasteiger partial charge in [-0.1, -0.05) is 31.7 Å². The molecule has 0 spiro atoms. The molecule has 0 saturated heterocycles. The maximum atomic E-state index is 3.59. The normalized spacial score (nSPS) is 10.5. The predicted octanol–water partition coefficient (Wildman–Crippen LogP) is 2.12. The molecule has 10 heavy (non-hydrogen) atoms. The van der Waals surface area contributed by atoms with Crippen LogP contribution in [0.25, 0.3) is 0 Å². The van der Waals surface area contributed by atoms with Gasteiger partial charge in [-0.15, -0.1) is 0 Å². The van der Waals surface area contributed by atoms with Crippen molar-refractivity contribution in [3.8, 4) is 0 Å². The van der Waals surface area contributed by atoms with Gasteiger partial charge in [-0.05, 0) is 25.9 Å². The second-order valence-corrected chi connectivity index (χ2v) is 2.20. The zero-order valence-corrected chi connectivity index (χ0v) is 6.77. The van der Waals surface area contributed by atoms with Gasteiger partial charge in [0.25, 0.3) is 0 Å². The van der Waals surface area contributed by atoms with Crippen LogP contribution in [0, 0.1) is 0 Å². The van der Waals surface area contributed by atoms with E-state index in [1.54, 1.807) is 6.08 Å². The van der Waals surface area contributed by atoms with Crippen LogP contribution in [0.15, 0.2) is 24.8 Å². The van der Waals surface area contributed by atoms with Gasteiger partial charge in [0.15, 0.2) is 0 Å². The lowest BCUT2D eigenvalue weighted by Gasteiger charge is -1.97. The van der Waals surface area contributed by atoms with E-state index in [1.807, 2.05) is 6.08 Å². The lowest BCUT2D eigenvalue weighted by molar-refractivity contribution is 0.678. The van der Waals surface area contributed by atoms with Crippen molar-refractivity contribution in [3.63, 3.8) is 0 Å². The van der Waals surface area contributed by atoms with Gasteiger partial charge in [-0.25, -0.2) is 0 Å². The van der Waals surface area contributed by atoms with Crippen LogP contribution in [0.5, 0.6) is 0 Å². The summed E-state index contributed by atoms with van der Waals surface area (Å²) in [7, 11) is 0. The van der Waals surface area contributed by atoms with E-state index in [2.05, 4.69) is 24.9 Å². The number of hydrogen-bond acceptors (Lipinski definition) is 1. The Morgan fingerprint density at radius 2 is 2.20 bits per heavy atom. The molecule has 0 fully saturated rings. The first-order valence-electron chi connectivity index (χ1n) is 3.90. The molecule has 0 amide bonds. The van der Waals surface area contributed by atoms with Crippen molar-refractivity contribution < 1.29 is 0 Å². The summed E-state index contributed by atoms with van der Waals surface area (Å²) >= 11 is 0. The van der Waals surface area contributed by atoms with Crippen LogP contribution in [-0.4, -0.2) is 13.1 Å². The zero-order chi connectivity index (χ0) is 7.66. The highest BCUT2D eigenvalue weighted by Crippen LogP contribution is 1.80. The molecule has 0 aromatic heterocycles. The van der Waals surface area contributed by atoms with Gasteiger partial charge < -0.3 is 5.32 Å². The maximum absolute atomic E-state index is 3.59. The van der Waals surface area contributed by atoms with Crippen molar-refractivity contribution in [1.29, 1.82) is 0 Å². The Labute approximate surface area is 63.8 Å². The number of hydrogen-bond donors (Lipinski definition) is 1. The van der Waals surface area contributed by atoms with E-state index in [-0.39, 0.29) is 0 Å². The summed E-state index contributed by atoms with van der Waals surface area (Å²) in [5.41, 5.74) is 0. The molecular weight excluding hydrogens is 122 g/mol. The summed E-state index contributed by atoms with van der Waals surface area (Å²) < 4.78 is 0. The molecule has 0 radical (unpaired) electrons. The molecule has 0 aliphatic carbocycles. The van der Waals surface area contributed by atoms with E-state index in [0.29, 0.717) is 0 Å². The summed E-state index contributed by atoms with van der Waals surface area (Å²) in [6.45, 7) is 7.97. The second-order valence-electron chi connectivity index (χ2n) is 2.20. The number of rotatable bonds is 6. The molecule has 1 nitrogen and oxygen atoms in total. The van der Waals surface area contributed by atoms with Crippen LogP contribution in [-0.2, 0) is 0 Å². The fourth-order valence-electron chi connectivity index (χ4n) is 0.680. The lowest BCUT2D eigenvalue weighted by Crippen LogP contribution is -2.14. The van der Waals surface area contributed by atoms with Crippen LogP contribution >= 0.6 is 0 Å². The Balaban J connectivity index is 2.90. The molecule has 0 aromatic carbocycles. The molecule has 0 unspecified atom stereocenters. The van der Waals surface area contributed by atoms with Crippen LogP contribution in [0.4, 0.5) is 0 Å². The van der Waals surface area contributed by atoms with E-state index in [1.165, 1.54) is 6.42 Å². The van der Waals surface area contributed by atoms with E-state index < -0.39 is 0 Å². The molecule has 1 heteroatoms. The maximum Gasteiger partial charge on any atom is -0.00142 e. The molecule has 0 heterocycles. The largest absolute Gasteiger partial charge is 0.316 e. The monoisotopic (exact) mass is 139 g/mol. The highest BCUT2D eigenvalue weighted by atomic mass is 14.8. The molecule has 0 aliphatic heterocycles. The first-order chi connectivity index (χ1) is 4.91. The smallest absolute Gasteiger partial charge is 0.00142 e. The molecule has 0 aliphatic rings. The summed E-state index contributed by atoms with van der Waals surface area (Å²) in [6.07, 6.45) is 8.22. The van der Waals surface area contributed by atoms with Crippen LogP contribution in [0.3, 0.4) is 0 Å². The quantitative estimate of drug-likeness (QED) is 0.439. The second kappa shape index (κ2) is 8.44. The van der Waals surface area contributed by atoms with Crippen molar-refractivity contribution >= 4 is 0 Å².